The summed E-state index contributed by atoms with van der Waals surface area (Å²) in [7, 11) is -0.119. The Morgan fingerprint density at radius 1 is 1.37 bits per heavy atom. The minimum absolute atomic E-state index is 0.0505. The molecule has 0 spiro atoms. The maximum atomic E-state index is 13.6. The third kappa shape index (κ3) is 4.24. The van der Waals surface area contributed by atoms with Crippen LogP contribution in [0.3, 0.4) is 0 Å². The van der Waals surface area contributed by atoms with Crippen LogP contribution in [0.2, 0.25) is 0 Å². The van der Waals surface area contributed by atoms with Crippen molar-refractivity contribution in [1.29, 1.82) is 0 Å². The van der Waals surface area contributed by atoms with Crippen LogP contribution in [0.4, 0.5) is 4.39 Å². The first-order valence-electron chi connectivity index (χ1n) is 5.82. The number of likely N-dealkylation sites (N-methyl/N-ethyl adjacent to an activating group) is 1. The number of hydrogen-bond donors (Lipinski definition) is 2. The molecule has 0 radical (unpaired) electrons. The molecule has 0 saturated carbocycles. The van der Waals surface area contributed by atoms with Crippen LogP contribution in [-0.4, -0.2) is 45.6 Å². The second-order valence-corrected chi connectivity index (χ2v) is 6.30. The smallest absolute Gasteiger partial charge is 0.240 e. The van der Waals surface area contributed by atoms with Crippen LogP contribution in [-0.2, 0) is 16.6 Å². The summed E-state index contributed by atoms with van der Waals surface area (Å²) in [5.74, 6) is -0.639. The van der Waals surface area contributed by atoms with E-state index in [1.807, 2.05) is 19.0 Å². The number of aliphatic hydroxyl groups excluding tert-OH is 1. The topological polar surface area (TPSA) is 69.6 Å². The summed E-state index contributed by atoms with van der Waals surface area (Å²) in [5, 5.41) is 9.00. The second kappa shape index (κ2) is 6.42. The van der Waals surface area contributed by atoms with E-state index in [1.165, 1.54) is 13.0 Å². The molecule has 0 aliphatic rings. The molecule has 1 aromatic rings. The molecule has 19 heavy (non-hydrogen) atoms. The van der Waals surface area contributed by atoms with Crippen LogP contribution in [0.5, 0.6) is 0 Å². The number of aliphatic hydroxyl groups is 1. The molecule has 0 unspecified atom stereocenters. The van der Waals surface area contributed by atoms with E-state index in [-0.39, 0.29) is 22.6 Å². The number of rotatable bonds is 6. The van der Waals surface area contributed by atoms with Gasteiger partial charge in [0.05, 0.1) is 11.5 Å². The number of sulfonamides is 1. The quantitative estimate of drug-likeness (QED) is 0.799. The summed E-state index contributed by atoms with van der Waals surface area (Å²) in [4.78, 5) is 1.70. The van der Waals surface area contributed by atoms with Gasteiger partial charge in [-0.3, -0.25) is 0 Å². The van der Waals surface area contributed by atoms with Crippen LogP contribution in [0, 0.1) is 12.7 Å². The van der Waals surface area contributed by atoms with Gasteiger partial charge < -0.3 is 10.0 Å². The predicted molar refractivity (Wildman–Crippen MR) is 70.8 cm³/mol. The molecule has 2 N–H and O–H groups in total. The monoisotopic (exact) mass is 290 g/mol. The fourth-order valence-electron chi connectivity index (χ4n) is 1.56. The Hall–Kier alpha value is -1.02. The van der Waals surface area contributed by atoms with Crippen molar-refractivity contribution in [3.05, 3.63) is 29.1 Å². The molecule has 0 saturated heterocycles. The molecule has 1 aromatic carbocycles. The summed E-state index contributed by atoms with van der Waals surface area (Å²) < 4.78 is 40.2. The van der Waals surface area contributed by atoms with E-state index in [0.29, 0.717) is 6.54 Å². The van der Waals surface area contributed by atoms with Crippen molar-refractivity contribution < 1.29 is 17.9 Å². The highest BCUT2D eigenvalue weighted by Gasteiger charge is 2.19. The molecule has 0 bridgehead atoms. The second-order valence-electron chi connectivity index (χ2n) is 4.56. The molecule has 0 aliphatic heterocycles. The predicted octanol–water partition coefficient (Wildman–Crippen LogP) is 0.466. The lowest BCUT2D eigenvalue weighted by molar-refractivity contribution is 0.281. The highest BCUT2D eigenvalue weighted by atomic mass is 32.2. The minimum Gasteiger partial charge on any atom is -0.392 e. The molecule has 108 valence electrons. The zero-order valence-corrected chi connectivity index (χ0v) is 12.1. The summed E-state index contributed by atoms with van der Waals surface area (Å²) in [6.07, 6.45) is 0. The third-order valence-electron chi connectivity index (χ3n) is 2.68. The molecule has 0 aromatic heterocycles. The molecule has 0 atom stereocenters. The van der Waals surface area contributed by atoms with Crippen molar-refractivity contribution in [3.8, 4) is 0 Å². The van der Waals surface area contributed by atoms with Crippen LogP contribution in [0.25, 0.3) is 0 Å². The normalized spacial score (nSPS) is 12.1. The molecule has 0 aliphatic carbocycles. The van der Waals surface area contributed by atoms with Gasteiger partial charge in [0.2, 0.25) is 10.0 Å². The van der Waals surface area contributed by atoms with Gasteiger partial charge in [-0.15, -0.1) is 0 Å². The fraction of sp³-hybridized carbons (Fsp3) is 0.500. The number of benzene rings is 1. The van der Waals surface area contributed by atoms with Crippen molar-refractivity contribution in [2.45, 2.75) is 18.4 Å². The highest BCUT2D eigenvalue weighted by molar-refractivity contribution is 7.89. The van der Waals surface area contributed by atoms with E-state index in [1.54, 1.807) is 0 Å². The van der Waals surface area contributed by atoms with Crippen molar-refractivity contribution in [2.24, 2.45) is 0 Å². The first kappa shape index (κ1) is 16.0. The molecule has 0 amide bonds. The SMILES string of the molecule is Cc1c(F)cc(CO)cc1S(=O)(=O)NCCN(C)C. The van der Waals surface area contributed by atoms with Crippen molar-refractivity contribution in [2.75, 3.05) is 27.2 Å². The average molecular weight is 290 g/mol. The highest BCUT2D eigenvalue weighted by Crippen LogP contribution is 2.20. The van der Waals surface area contributed by atoms with Gasteiger partial charge in [-0.2, -0.15) is 0 Å². The number of nitrogens with one attached hydrogen (secondary N) is 1. The Labute approximate surface area is 113 Å². The summed E-state index contributed by atoms with van der Waals surface area (Å²) >= 11 is 0. The van der Waals surface area contributed by atoms with Gasteiger partial charge in [0.25, 0.3) is 0 Å². The lowest BCUT2D eigenvalue weighted by Crippen LogP contribution is -2.32. The van der Waals surface area contributed by atoms with Gasteiger partial charge >= 0.3 is 0 Å². The Kier molecular flexibility index (Phi) is 5.42. The lowest BCUT2D eigenvalue weighted by Gasteiger charge is -2.13. The standard InChI is InChI=1S/C12H19FN2O3S/c1-9-11(13)6-10(8-16)7-12(9)19(17,18)14-4-5-15(2)3/h6-7,14,16H,4-5,8H2,1-3H3. The Bertz CT molecular complexity index is 544. The number of hydrogen-bond acceptors (Lipinski definition) is 4. The largest absolute Gasteiger partial charge is 0.392 e. The van der Waals surface area contributed by atoms with E-state index in [4.69, 9.17) is 5.11 Å². The Morgan fingerprint density at radius 2 is 2.00 bits per heavy atom. The zero-order valence-electron chi connectivity index (χ0n) is 11.3. The molecular formula is C12H19FN2O3S. The van der Waals surface area contributed by atoms with Gasteiger partial charge in [0.15, 0.2) is 0 Å². The van der Waals surface area contributed by atoms with Crippen LogP contribution >= 0.6 is 0 Å². The summed E-state index contributed by atoms with van der Waals surface area (Å²) in [5.41, 5.74) is 0.283. The van der Waals surface area contributed by atoms with Gasteiger partial charge in [-0.05, 0) is 38.7 Å². The first-order chi connectivity index (χ1) is 8.77. The molecule has 0 fully saturated rings. The third-order valence-corrected chi connectivity index (χ3v) is 4.27. The molecular weight excluding hydrogens is 271 g/mol. The van der Waals surface area contributed by atoms with Crippen LogP contribution in [0.15, 0.2) is 17.0 Å². The van der Waals surface area contributed by atoms with Gasteiger partial charge in [0, 0.05) is 18.7 Å². The van der Waals surface area contributed by atoms with Gasteiger partial charge in [-0.25, -0.2) is 17.5 Å². The first-order valence-corrected chi connectivity index (χ1v) is 7.30. The van der Waals surface area contributed by atoms with Crippen molar-refractivity contribution in [1.82, 2.24) is 9.62 Å². The van der Waals surface area contributed by atoms with E-state index in [2.05, 4.69) is 4.72 Å². The maximum Gasteiger partial charge on any atom is 0.240 e. The molecule has 0 heterocycles. The molecule has 7 heteroatoms. The Morgan fingerprint density at radius 3 is 2.53 bits per heavy atom. The fourth-order valence-corrected chi connectivity index (χ4v) is 2.88. The average Bonchev–Trinajstić information content (AvgIpc) is 2.31. The lowest BCUT2D eigenvalue weighted by atomic mass is 10.1. The van der Waals surface area contributed by atoms with Crippen molar-refractivity contribution in [3.63, 3.8) is 0 Å². The summed E-state index contributed by atoms with van der Waals surface area (Å²) in [6.45, 7) is 1.77. The molecule has 1 rings (SSSR count). The zero-order chi connectivity index (χ0) is 14.6. The van der Waals surface area contributed by atoms with Gasteiger partial charge in [0.1, 0.15) is 5.82 Å². The van der Waals surface area contributed by atoms with Crippen molar-refractivity contribution >= 4 is 10.0 Å². The molecule has 5 nitrogen and oxygen atoms in total. The Balaban J connectivity index is 3.03. The minimum atomic E-state index is -3.77. The maximum absolute atomic E-state index is 13.6. The van der Waals surface area contributed by atoms with E-state index in [0.717, 1.165) is 6.07 Å². The number of nitrogens with zero attached hydrogens (tertiary/aromatic N) is 1. The van der Waals surface area contributed by atoms with Crippen LogP contribution in [0.1, 0.15) is 11.1 Å². The van der Waals surface area contributed by atoms with Gasteiger partial charge in [-0.1, -0.05) is 0 Å². The van der Waals surface area contributed by atoms with Crippen LogP contribution < -0.4 is 4.72 Å². The number of halogens is 1. The van der Waals surface area contributed by atoms with E-state index >= 15 is 0 Å². The summed E-state index contributed by atoms with van der Waals surface area (Å²) in [6, 6.07) is 2.42. The van der Waals surface area contributed by atoms with E-state index in [9.17, 15) is 12.8 Å². The van der Waals surface area contributed by atoms with E-state index < -0.39 is 22.4 Å².